The highest BCUT2D eigenvalue weighted by atomic mass is 19.1. The maximum absolute atomic E-state index is 14.8. The molecule has 4 heterocycles. The van der Waals surface area contributed by atoms with Crippen molar-refractivity contribution in [3.8, 4) is 5.75 Å². The van der Waals surface area contributed by atoms with Crippen molar-refractivity contribution in [2.75, 3.05) is 38.2 Å². The van der Waals surface area contributed by atoms with Gasteiger partial charge in [-0.2, -0.15) is 0 Å². The summed E-state index contributed by atoms with van der Waals surface area (Å²) in [4.78, 5) is 19.4. The molecule has 1 aromatic heterocycles. The summed E-state index contributed by atoms with van der Waals surface area (Å²) in [7, 11) is 0. The average molecular weight is 540 g/mol. The van der Waals surface area contributed by atoms with E-state index in [-0.39, 0.29) is 12.0 Å². The fourth-order valence-corrected chi connectivity index (χ4v) is 6.11. The van der Waals surface area contributed by atoms with Gasteiger partial charge in [0.1, 0.15) is 23.3 Å². The number of anilines is 1. The van der Waals surface area contributed by atoms with Gasteiger partial charge in [0.15, 0.2) is 0 Å². The zero-order chi connectivity index (χ0) is 27.6. The summed E-state index contributed by atoms with van der Waals surface area (Å²) in [5.41, 5.74) is 3.51. The highest BCUT2D eigenvalue weighted by molar-refractivity contribution is 5.77. The van der Waals surface area contributed by atoms with Crippen molar-refractivity contribution in [2.45, 2.75) is 83.5 Å². The third kappa shape index (κ3) is 6.55. The van der Waals surface area contributed by atoms with E-state index in [1.807, 2.05) is 24.0 Å². The van der Waals surface area contributed by atoms with Gasteiger partial charge in [0.25, 0.3) is 0 Å². The number of carbonyl (C=O) groups is 1. The van der Waals surface area contributed by atoms with Gasteiger partial charge in [-0.15, -0.1) is 0 Å². The SMILES string of the molecule is Cc1cc2c(c([C@@H](C(=O)O)N3CC[C@@H](OCCCCc4ccc5c(n4)NCCC5)C3)c1)CC(C(C)(C)F)CO2. The molecule has 1 fully saturated rings. The predicted octanol–water partition coefficient (Wildman–Crippen LogP) is 5.29. The van der Waals surface area contributed by atoms with Gasteiger partial charge in [-0.25, -0.2) is 9.37 Å². The van der Waals surface area contributed by atoms with Crippen molar-refractivity contribution < 1.29 is 23.8 Å². The molecule has 0 radical (unpaired) electrons. The van der Waals surface area contributed by atoms with Crippen LogP contribution in [0.15, 0.2) is 24.3 Å². The monoisotopic (exact) mass is 539 g/mol. The number of nitrogens with one attached hydrogen (secondary N) is 1. The molecular formula is C31H42FN3O4. The number of alkyl halides is 1. The lowest BCUT2D eigenvalue weighted by atomic mass is 9.82. The summed E-state index contributed by atoms with van der Waals surface area (Å²) < 4.78 is 26.9. The summed E-state index contributed by atoms with van der Waals surface area (Å²) in [6.07, 6.45) is 6.40. The molecule has 0 bridgehead atoms. The number of carboxylic acids is 1. The van der Waals surface area contributed by atoms with E-state index in [0.717, 1.165) is 73.3 Å². The van der Waals surface area contributed by atoms with Crippen LogP contribution in [0, 0.1) is 12.8 Å². The van der Waals surface area contributed by atoms with E-state index in [4.69, 9.17) is 14.5 Å². The molecule has 2 N–H and O–H groups in total. The minimum Gasteiger partial charge on any atom is -0.493 e. The Balaban J connectivity index is 1.16. The van der Waals surface area contributed by atoms with E-state index in [0.29, 0.717) is 38.5 Å². The molecule has 3 atom stereocenters. The van der Waals surface area contributed by atoms with Crippen LogP contribution in [0.1, 0.15) is 73.5 Å². The van der Waals surface area contributed by atoms with Gasteiger partial charge >= 0.3 is 5.97 Å². The minimum absolute atomic E-state index is 0.00679. The third-order valence-electron chi connectivity index (χ3n) is 8.45. The van der Waals surface area contributed by atoms with Gasteiger partial charge in [0.05, 0.1) is 12.7 Å². The van der Waals surface area contributed by atoms with Crippen molar-refractivity contribution in [2.24, 2.45) is 5.92 Å². The number of ether oxygens (including phenoxy) is 2. The molecule has 3 aliphatic rings. The van der Waals surface area contributed by atoms with Crippen LogP contribution in [0.3, 0.4) is 0 Å². The summed E-state index contributed by atoms with van der Waals surface area (Å²) in [6.45, 7) is 8.25. The number of hydrogen-bond acceptors (Lipinski definition) is 6. The van der Waals surface area contributed by atoms with Crippen LogP contribution >= 0.6 is 0 Å². The first kappa shape index (κ1) is 27.8. The molecule has 8 heteroatoms. The summed E-state index contributed by atoms with van der Waals surface area (Å²) in [5, 5.41) is 13.7. The van der Waals surface area contributed by atoms with Gasteiger partial charge in [0.2, 0.25) is 0 Å². The number of aromatic nitrogens is 1. The zero-order valence-corrected chi connectivity index (χ0v) is 23.5. The van der Waals surface area contributed by atoms with Gasteiger partial charge in [-0.05, 0) is 94.5 Å². The van der Waals surface area contributed by atoms with Crippen molar-refractivity contribution in [1.29, 1.82) is 0 Å². The molecule has 3 aliphatic heterocycles. The van der Waals surface area contributed by atoms with E-state index >= 15 is 0 Å². The summed E-state index contributed by atoms with van der Waals surface area (Å²) in [5.74, 6) is 0.521. The minimum atomic E-state index is -1.40. The Bertz CT molecular complexity index is 1180. The largest absolute Gasteiger partial charge is 0.493 e. The quantitative estimate of drug-likeness (QED) is 0.397. The zero-order valence-electron chi connectivity index (χ0n) is 23.5. The number of aliphatic carboxylic acids is 1. The summed E-state index contributed by atoms with van der Waals surface area (Å²) in [6, 6.07) is 7.40. The number of hydrogen-bond donors (Lipinski definition) is 2. The molecule has 0 aliphatic carbocycles. The Morgan fingerprint density at radius 2 is 2.18 bits per heavy atom. The number of pyridine rings is 1. The number of fused-ring (bicyclic) bond motifs is 2. The molecule has 0 saturated carbocycles. The molecule has 0 spiro atoms. The second-order valence-corrected chi connectivity index (χ2v) is 11.9. The first-order valence-corrected chi connectivity index (χ1v) is 14.5. The predicted molar refractivity (Wildman–Crippen MR) is 149 cm³/mol. The molecular weight excluding hydrogens is 497 g/mol. The van der Waals surface area contributed by atoms with Crippen LogP contribution in [0.25, 0.3) is 0 Å². The smallest absolute Gasteiger partial charge is 0.325 e. The van der Waals surface area contributed by atoms with Crippen LogP contribution in [0.2, 0.25) is 0 Å². The lowest BCUT2D eigenvalue weighted by Gasteiger charge is -2.35. The lowest BCUT2D eigenvalue weighted by Crippen LogP contribution is -2.38. The van der Waals surface area contributed by atoms with Gasteiger partial charge in [0, 0.05) is 43.4 Å². The molecule has 0 amide bonds. The van der Waals surface area contributed by atoms with Crippen LogP contribution in [-0.2, 0) is 28.8 Å². The van der Waals surface area contributed by atoms with Gasteiger partial charge < -0.3 is 19.9 Å². The third-order valence-corrected chi connectivity index (χ3v) is 8.45. The Labute approximate surface area is 231 Å². The van der Waals surface area contributed by atoms with E-state index in [1.165, 1.54) is 5.56 Å². The number of rotatable bonds is 10. The van der Waals surface area contributed by atoms with Crippen molar-refractivity contribution in [1.82, 2.24) is 9.88 Å². The van der Waals surface area contributed by atoms with E-state index in [2.05, 4.69) is 17.4 Å². The number of unbranched alkanes of at least 4 members (excludes halogenated alkanes) is 1. The van der Waals surface area contributed by atoms with Crippen molar-refractivity contribution in [3.63, 3.8) is 0 Å². The fraction of sp³-hybridized carbons (Fsp3) is 0.613. The van der Waals surface area contributed by atoms with E-state index < -0.39 is 17.7 Å². The highest BCUT2D eigenvalue weighted by Gasteiger charge is 2.39. The molecule has 2 aromatic rings. The van der Waals surface area contributed by atoms with Crippen molar-refractivity contribution >= 4 is 11.8 Å². The average Bonchev–Trinajstić information content (AvgIpc) is 3.35. The lowest BCUT2D eigenvalue weighted by molar-refractivity contribution is -0.143. The molecule has 212 valence electrons. The number of likely N-dealkylation sites (tertiary alicyclic amines) is 1. The number of halogens is 1. The molecule has 5 rings (SSSR count). The fourth-order valence-electron chi connectivity index (χ4n) is 6.11. The van der Waals surface area contributed by atoms with E-state index in [1.54, 1.807) is 13.8 Å². The van der Waals surface area contributed by atoms with Crippen LogP contribution in [0.4, 0.5) is 10.2 Å². The topological polar surface area (TPSA) is 83.9 Å². The molecule has 1 aromatic carbocycles. The van der Waals surface area contributed by atoms with Crippen LogP contribution in [0.5, 0.6) is 5.75 Å². The number of aryl methyl sites for hydroxylation is 3. The Kier molecular flexibility index (Phi) is 8.43. The van der Waals surface area contributed by atoms with Crippen LogP contribution < -0.4 is 10.1 Å². The highest BCUT2D eigenvalue weighted by Crippen LogP contribution is 2.40. The second-order valence-electron chi connectivity index (χ2n) is 11.9. The number of carboxylic acid groups (broad SMARTS) is 1. The molecule has 1 saturated heterocycles. The van der Waals surface area contributed by atoms with Gasteiger partial charge in [-0.1, -0.05) is 12.1 Å². The van der Waals surface area contributed by atoms with Crippen LogP contribution in [-0.4, -0.2) is 65.6 Å². The normalized spacial score (nSPS) is 21.9. The maximum atomic E-state index is 14.8. The molecule has 7 nitrogen and oxygen atoms in total. The summed E-state index contributed by atoms with van der Waals surface area (Å²) >= 11 is 0. The Morgan fingerprint density at radius 3 is 2.97 bits per heavy atom. The number of nitrogens with zero attached hydrogens (tertiary/aromatic N) is 2. The Morgan fingerprint density at radius 1 is 1.33 bits per heavy atom. The standard InChI is InChI=1S/C31H42FN3O4/c1-20-15-26(25-17-22(31(2,3)32)19-39-27(25)16-20)28(30(36)37)35-13-11-24(18-35)38-14-5-4-8-23-10-9-21-7-6-12-33-29(21)34-23/h9-10,15-16,22,24,28H,4-8,11-14,17-19H2,1-3H3,(H,33,34)(H,36,37)/t22?,24-,28+/m1/s1. The molecule has 39 heavy (non-hydrogen) atoms. The Hall–Kier alpha value is -2.71. The maximum Gasteiger partial charge on any atom is 0.325 e. The van der Waals surface area contributed by atoms with E-state index in [9.17, 15) is 14.3 Å². The second kappa shape index (κ2) is 11.8. The van der Waals surface area contributed by atoms with Crippen molar-refractivity contribution in [3.05, 3.63) is 52.2 Å². The molecule has 1 unspecified atom stereocenters. The van der Waals surface area contributed by atoms with Gasteiger partial charge in [-0.3, -0.25) is 9.69 Å². The first-order chi connectivity index (χ1) is 18.7. The first-order valence-electron chi connectivity index (χ1n) is 14.5. The number of benzene rings is 1.